The van der Waals surface area contributed by atoms with E-state index in [1.165, 1.54) is 0 Å². The molecule has 0 fully saturated rings. The number of hydrogen-bond acceptors (Lipinski definition) is 3. The summed E-state index contributed by atoms with van der Waals surface area (Å²) in [6.07, 6.45) is 1.64. The highest BCUT2D eigenvalue weighted by molar-refractivity contribution is 5.74. The summed E-state index contributed by atoms with van der Waals surface area (Å²) in [6.45, 7) is 4.09. The lowest BCUT2D eigenvalue weighted by Crippen LogP contribution is -2.13. The van der Waals surface area contributed by atoms with E-state index < -0.39 is 0 Å². The Kier molecular flexibility index (Phi) is 2.14. The van der Waals surface area contributed by atoms with Gasteiger partial charge in [-0.1, -0.05) is 0 Å². The van der Waals surface area contributed by atoms with Gasteiger partial charge in [0.05, 0.1) is 18.9 Å². The second-order valence-electron chi connectivity index (χ2n) is 3.05. The molecule has 70 valence electrons. The minimum absolute atomic E-state index is 0.583. The van der Waals surface area contributed by atoms with E-state index in [0.29, 0.717) is 18.9 Å². The molecule has 0 bridgehead atoms. The van der Waals surface area contributed by atoms with Crippen LogP contribution in [-0.2, 0) is 24.3 Å². The Balaban J connectivity index is 2.50. The van der Waals surface area contributed by atoms with Gasteiger partial charge in [0.15, 0.2) is 6.29 Å². The minimum Gasteiger partial charge on any atom is -0.375 e. The maximum absolute atomic E-state index is 10.7. The molecule has 2 rings (SSSR count). The Morgan fingerprint density at radius 3 is 3.23 bits per heavy atom. The Labute approximate surface area is 76.5 Å². The van der Waals surface area contributed by atoms with Crippen LogP contribution < -0.4 is 0 Å². The molecule has 0 aromatic carbocycles. The first-order chi connectivity index (χ1) is 6.36. The number of ether oxygens (including phenoxy) is 1. The molecular weight excluding hydrogens is 168 g/mol. The third-order valence-electron chi connectivity index (χ3n) is 2.34. The van der Waals surface area contributed by atoms with Crippen molar-refractivity contribution >= 4 is 6.29 Å². The van der Waals surface area contributed by atoms with Crippen molar-refractivity contribution in [3.8, 4) is 0 Å². The molecule has 13 heavy (non-hydrogen) atoms. The Bertz CT molecular complexity index is 331. The fourth-order valence-corrected chi connectivity index (χ4v) is 1.69. The Morgan fingerprint density at radius 2 is 2.54 bits per heavy atom. The predicted molar refractivity (Wildman–Crippen MR) is 46.6 cm³/mol. The molecule has 0 spiro atoms. The molecule has 1 aromatic heterocycles. The van der Waals surface area contributed by atoms with Crippen molar-refractivity contribution in [3.63, 3.8) is 0 Å². The van der Waals surface area contributed by atoms with Crippen LogP contribution >= 0.6 is 0 Å². The van der Waals surface area contributed by atoms with Gasteiger partial charge in [0.2, 0.25) is 0 Å². The average Bonchev–Trinajstić information content (AvgIpc) is 2.56. The molecule has 0 amide bonds. The first-order valence-corrected chi connectivity index (χ1v) is 4.48. The van der Waals surface area contributed by atoms with Gasteiger partial charge >= 0.3 is 0 Å². The number of carbonyl (C=O) groups excluding carboxylic acids is 1. The van der Waals surface area contributed by atoms with Gasteiger partial charge in [0.25, 0.3) is 0 Å². The summed E-state index contributed by atoms with van der Waals surface area (Å²) in [4.78, 5) is 10.7. The molecule has 0 saturated carbocycles. The lowest BCUT2D eigenvalue weighted by Gasteiger charge is -2.13. The summed E-state index contributed by atoms with van der Waals surface area (Å²) in [5.41, 5.74) is 2.72. The summed E-state index contributed by atoms with van der Waals surface area (Å²) in [5, 5.41) is 4.20. The molecule has 0 saturated heterocycles. The summed E-state index contributed by atoms with van der Waals surface area (Å²) < 4.78 is 7.16. The van der Waals surface area contributed by atoms with Crippen LogP contribution in [0.2, 0.25) is 0 Å². The van der Waals surface area contributed by atoms with Crippen LogP contribution in [0.1, 0.15) is 28.7 Å². The molecular formula is C9H12N2O2. The van der Waals surface area contributed by atoms with Crippen molar-refractivity contribution in [2.24, 2.45) is 0 Å². The van der Waals surface area contributed by atoms with Crippen molar-refractivity contribution in [1.29, 1.82) is 0 Å². The average molecular weight is 180 g/mol. The first kappa shape index (κ1) is 8.44. The normalized spacial score (nSPS) is 15.5. The lowest BCUT2D eigenvalue weighted by atomic mass is 10.1. The highest BCUT2D eigenvalue weighted by atomic mass is 16.5. The Morgan fingerprint density at radius 1 is 1.69 bits per heavy atom. The zero-order chi connectivity index (χ0) is 9.26. The number of rotatable bonds is 2. The highest BCUT2D eigenvalue weighted by Gasteiger charge is 2.19. The van der Waals surface area contributed by atoms with E-state index in [1.807, 2.05) is 11.6 Å². The third kappa shape index (κ3) is 1.27. The van der Waals surface area contributed by atoms with E-state index in [1.54, 1.807) is 0 Å². The number of nitrogens with zero attached hydrogens (tertiary/aromatic N) is 2. The number of aryl methyl sites for hydroxylation is 1. The van der Waals surface area contributed by atoms with Gasteiger partial charge in [-0.15, -0.1) is 0 Å². The van der Waals surface area contributed by atoms with Crippen molar-refractivity contribution in [2.45, 2.75) is 26.5 Å². The molecule has 0 N–H and O–H groups in total. The van der Waals surface area contributed by atoms with Gasteiger partial charge in [0, 0.05) is 12.1 Å². The smallest absolute Gasteiger partial charge is 0.170 e. The molecule has 4 heteroatoms. The SMILES string of the molecule is CCn1nc(C=O)c2c1COCC2. The van der Waals surface area contributed by atoms with Gasteiger partial charge in [-0.3, -0.25) is 9.48 Å². The number of hydrogen-bond donors (Lipinski definition) is 0. The van der Waals surface area contributed by atoms with Crippen molar-refractivity contribution in [3.05, 3.63) is 17.0 Å². The maximum atomic E-state index is 10.7. The van der Waals surface area contributed by atoms with E-state index in [0.717, 1.165) is 30.5 Å². The first-order valence-electron chi connectivity index (χ1n) is 4.48. The van der Waals surface area contributed by atoms with Gasteiger partial charge in [-0.25, -0.2) is 0 Å². The molecule has 0 atom stereocenters. The van der Waals surface area contributed by atoms with E-state index in [-0.39, 0.29) is 0 Å². The van der Waals surface area contributed by atoms with Crippen molar-refractivity contribution in [1.82, 2.24) is 9.78 Å². The van der Waals surface area contributed by atoms with Crippen molar-refractivity contribution < 1.29 is 9.53 Å². The largest absolute Gasteiger partial charge is 0.375 e. The minimum atomic E-state index is 0.583. The van der Waals surface area contributed by atoms with E-state index >= 15 is 0 Å². The molecule has 1 aromatic rings. The van der Waals surface area contributed by atoms with Gasteiger partial charge in [-0.05, 0) is 13.3 Å². The van der Waals surface area contributed by atoms with Crippen molar-refractivity contribution in [2.75, 3.05) is 6.61 Å². The van der Waals surface area contributed by atoms with E-state index in [9.17, 15) is 4.79 Å². The summed E-state index contributed by atoms with van der Waals surface area (Å²) in [7, 11) is 0. The molecule has 2 heterocycles. The van der Waals surface area contributed by atoms with Crippen LogP contribution in [0.15, 0.2) is 0 Å². The summed E-state index contributed by atoms with van der Waals surface area (Å²) in [5.74, 6) is 0. The number of aromatic nitrogens is 2. The zero-order valence-electron chi connectivity index (χ0n) is 7.62. The second kappa shape index (κ2) is 3.30. The van der Waals surface area contributed by atoms with Crippen LogP contribution in [0.3, 0.4) is 0 Å². The number of aldehydes is 1. The monoisotopic (exact) mass is 180 g/mol. The molecule has 0 unspecified atom stereocenters. The van der Waals surface area contributed by atoms with Crippen LogP contribution in [-0.4, -0.2) is 22.7 Å². The van der Waals surface area contributed by atoms with Crippen LogP contribution in [0.4, 0.5) is 0 Å². The maximum Gasteiger partial charge on any atom is 0.170 e. The molecule has 4 nitrogen and oxygen atoms in total. The second-order valence-corrected chi connectivity index (χ2v) is 3.05. The van der Waals surface area contributed by atoms with Gasteiger partial charge in [-0.2, -0.15) is 5.10 Å². The van der Waals surface area contributed by atoms with Crippen LogP contribution in [0.25, 0.3) is 0 Å². The lowest BCUT2D eigenvalue weighted by molar-refractivity contribution is 0.104. The summed E-state index contributed by atoms with van der Waals surface area (Å²) in [6, 6.07) is 0. The standard InChI is InChI=1S/C9H12N2O2/c1-2-11-9-6-13-4-3-7(9)8(5-12)10-11/h5H,2-4,6H2,1H3. The molecule has 0 radical (unpaired) electrons. The topological polar surface area (TPSA) is 44.1 Å². The van der Waals surface area contributed by atoms with Gasteiger partial charge in [0.1, 0.15) is 5.69 Å². The highest BCUT2D eigenvalue weighted by Crippen LogP contribution is 2.19. The van der Waals surface area contributed by atoms with E-state index in [4.69, 9.17) is 4.74 Å². The van der Waals surface area contributed by atoms with Gasteiger partial charge < -0.3 is 4.74 Å². The Hall–Kier alpha value is -1.16. The van der Waals surface area contributed by atoms with Crippen LogP contribution in [0.5, 0.6) is 0 Å². The quantitative estimate of drug-likeness (QED) is 0.632. The van der Waals surface area contributed by atoms with Crippen LogP contribution in [0, 0.1) is 0 Å². The third-order valence-corrected chi connectivity index (χ3v) is 2.34. The summed E-state index contributed by atoms with van der Waals surface area (Å²) >= 11 is 0. The fraction of sp³-hybridized carbons (Fsp3) is 0.556. The van der Waals surface area contributed by atoms with E-state index in [2.05, 4.69) is 5.10 Å². The molecule has 1 aliphatic heterocycles. The zero-order valence-corrected chi connectivity index (χ0v) is 7.62. The molecule has 1 aliphatic rings. The number of fused-ring (bicyclic) bond motifs is 1. The number of carbonyl (C=O) groups is 1. The molecule has 0 aliphatic carbocycles. The fourth-order valence-electron chi connectivity index (χ4n) is 1.69. The predicted octanol–water partition coefficient (Wildman–Crippen LogP) is 0.788.